The monoisotopic (exact) mass is 290 g/mol. The van der Waals surface area contributed by atoms with Crippen molar-refractivity contribution < 1.29 is 4.79 Å². The quantitative estimate of drug-likeness (QED) is 0.816. The normalized spacial score (nSPS) is 10.6. The van der Waals surface area contributed by atoms with E-state index < -0.39 is 5.24 Å². The van der Waals surface area contributed by atoms with Crippen LogP contribution < -0.4 is 5.56 Å². The van der Waals surface area contributed by atoms with Crippen molar-refractivity contribution in [3.05, 3.63) is 51.3 Å². The van der Waals surface area contributed by atoms with E-state index in [2.05, 4.69) is 5.10 Å². The topological polar surface area (TPSA) is 52.0 Å². The summed E-state index contributed by atoms with van der Waals surface area (Å²) in [4.78, 5) is 22.9. The molecule has 20 heavy (non-hydrogen) atoms. The number of rotatable bonds is 3. The molecule has 0 spiro atoms. The molecule has 0 radical (unpaired) electrons. The van der Waals surface area contributed by atoms with Crippen LogP contribution in [0.25, 0.3) is 11.3 Å². The summed E-state index contributed by atoms with van der Waals surface area (Å²) in [6.45, 7) is 4.05. The Labute approximate surface area is 122 Å². The van der Waals surface area contributed by atoms with Crippen LogP contribution in [0.1, 0.15) is 16.7 Å². The Morgan fingerprint density at radius 2 is 1.95 bits per heavy atom. The highest BCUT2D eigenvalue weighted by Crippen LogP contribution is 2.20. The van der Waals surface area contributed by atoms with E-state index in [1.54, 1.807) is 13.1 Å². The maximum absolute atomic E-state index is 11.9. The van der Waals surface area contributed by atoms with Gasteiger partial charge in [0.15, 0.2) is 0 Å². The van der Waals surface area contributed by atoms with E-state index in [1.807, 2.05) is 32.0 Å². The smallest absolute Gasteiger partial charge is 0.270 e. The summed E-state index contributed by atoms with van der Waals surface area (Å²) in [5.74, 6) is 0. The van der Waals surface area contributed by atoms with Crippen LogP contribution in [-0.4, -0.2) is 15.0 Å². The first-order valence-corrected chi connectivity index (χ1v) is 6.59. The van der Waals surface area contributed by atoms with Crippen LogP contribution in [0.2, 0.25) is 0 Å². The summed E-state index contributed by atoms with van der Waals surface area (Å²) in [6, 6.07) is 7.59. The predicted octanol–water partition coefficient (Wildman–Crippen LogP) is 2.37. The molecule has 1 aromatic heterocycles. The van der Waals surface area contributed by atoms with E-state index in [9.17, 15) is 9.59 Å². The zero-order valence-electron chi connectivity index (χ0n) is 11.6. The number of carbonyl (C=O) groups is 1. The van der Waals surface area contributed by atoms with Gasteiger partial charge in [-0.2, -0.15) is 5.10 Å². The van der Waals surface area contributed by atoms with Crippen molar-refractivity contribution >= 4 is 16.8 Å². The number of benzene rings is 1. The fourth-order valence-corrected chi connectivity index (χ4v) is 2.13. The van der Waals surface area contributed by atoms with Gasteiger partial charge in [0.25, 0.3) is 5.56 Å². The van der Waals surface area contributed by atoms with E-state index in [0.29, 0.717) is 11.3 Å². The van der Waals surface area contributed by atoms with Crippen molar-refractivity contribution in [1.82, 2.24) is 9.78 Å². The number of nitrogens with zero attached hydrogens (tertiary/aromatic N) is 2. The van der Waals surface area contributed by atoms with Gasteiger partial charge in [0.1, 0.15) is 0 Å². The number of carbonyl (C=O) groups excluding carboxylic acids is 1. The number of aromatic nitrogens is 2. The minimum atomic E-state index is -0.556. The van der Waals surface area contributed by atoms with Crippen molar-refractivity contribution in [2.45, 2.75) is 20.3 Å². The molecule has 1 aromatic carbocycles. The molecule has 0 unspecified atom stereocenters. The SMILES string of the molecule is Cc1ccc(-c2cc(CC(=O)Cl)c(=O)n(C)n2)cc1C. The minimum absolute atomic E-state index is 0.0887. The molecule has 0 saturated heterocycles. The first kappa shape index (κ1) is 14.5. The van der Waals surface area contributed by atoms with Gasteiger partial charge in [-0.25, -0.2) is 4.68 Å². The van der Waals surface area contributed by atoms with Gasteiger partial charge in [-0.05, 0) is 48.7 Å². The van der Waals surface area contributed by atoms with Crippen molar-refractivity contribution in [2.75, 3.05) is 0 Å². The van der Waals surface area contributed by atoms with Crippen LogP contribution in [0, 0.1) is 13.8 Å². The number of hydrogen-bond acceptors (Lipinski definition) is 3. The molecule has 104 valence electrons. The van der Waals surface area contributed by atoms with E-state index in [-0.39, 0.29) is 12.0 Å². The van der Waals surface area contributed by atoms with Crippen molar-refractivity contribution in [3.63, 3.8) is 0 Å². The molecule has 2 rings (SSSR count). The molecular weight excluding hydrogens is 276 g/mol. The Hall–Kier alpha value is -1.94. The first-order chi connectivity index (χ1) is 9.38. The Kier molecular flexibility index (Phi) is 4.04. The van der Waals surface area contributed by atoms with Gasteiger partial charge < -0.3 is 0 Å². The Bertz CT molecular complexity index is 735. The fraction of sp³-hybridized carbons (Fsp3) is 0.267. The summed E-state index contributed by atoms with van der Waals surface area (Å²) in [7, 11) is 1.56. The molecule has 4 nitrogen and oxygen atoms in total. The van der Waals surface area contributed by atoms with E-state index >= 15 is 0 Å². The molecule has 5 heteroatoms. The van der Waals surface area contributed by atoms with E-state index in [1.165, 1.54) is 10.2 Å². The molecule has 0 aliphatic carbocycles. The number of aryl methyl sites for hydroxylation is 3. The molecule has 0 fully saturated rings. The third-order valence-corrected chi connectivity index (χ3v) is 3.40. The summed E-state index contributed by atoms with van der Waals surface area (Å²) < 4.78 is 1.24. The van der Waals surface area contributed by atoms with Gasteiger partial charge in [-0.1, -0.05) is 12.1 Å². The lowest BCUT2D eigenvalue weighted by Crippen LogP contribution is -2.24. The zero-order chi connectivity index (χ0) is 14.9. The molecule has 0 aliphatic rings. The standard InChI is InChI=1S/C15H15ClN2O2/c1-9-4-5-11(6-10(9)2)13-7-12(8-14(16)19)15(20)18(3)17-13/h4-7H,8H2,1-3H3. The van der Waals surface area contributed by atoms with Gasteiger partial charge in [-0.15, -0.1) is 0 Å². The average molecular weight is 291 g/mol. The summed E-state index contributed by atoms with van der Waals surface area (Å²) in [5, 5.41) is 3.68. The summed E-state index contributed by atoms with van der Waals surface area (Å²) >= 11 is 5.37. The van der Waals surface area contributed by atoms with Crippen molar-refractivity contribution in [2.24, 2.45) is 7.05 Å². The highest BCUT2D eigenvalue weighted by atomic mass is 35.5. The first-order valence-electron chi connectivity index (χ1n) is 6.21. The number of halogens is 1. The average Bonchev–Trinajstić information content (AvgIpc) is 2.37. The summed E-state index contributed by atoms with van der Waals surface area (Å²) in [5.41, 5.74) is 3.96. The highest BCUT2D eigenvalue weighted by molar-refractivity contribution is 6.63. The highest BCUT2D eigenvalue weighted by Gasteiger charge is 2.11. The van der Waals surface area contributed by atoms with Gasteiger partial charge in [0.05, 0.1) is 12.1 Å². The third-order valence-electron chi connectivity index (χ3n) is 3.27. The van der Waals surface area contributed by atoms with Crippen LogP contribution in [0.3, 0.4) is 0 Å². The van der Waals surface area contributed by atoms with Gasteiger partial charge in [0.2, 0.25) is 5.24 Å². The lowest BCUT2D eigenvalue weighted by molar-refractivity contribution is -0.111. The Morgan fingerprint density at radius 3 is 2.55 bits per heavy atom. The molecule has 2 aromatic rings. The van der Waals surface area contributed by atoms with Crippen LogP contribution in [-0.2, 0) is 18.3 Å². The lowest BCUT2D eigenvalue weighted by Gasteiger charge is -2.08. The molecule has 0 bridgehead atoms. The number of hydrogen-bond donors (Lipinski definition) is 0. The largest absolute Gasteiger partial charge is 0.281 e. The summed E-state index contributed by atoms with van der Waals surface area (Å²) in [6.07, 6.45) is -0.0887. The Balaban J connectivity index is 2.57. The molecule has 0 amide bonds. The predicted molar refractivity (Wildman–Crippen MR) is 79.0 cm³/mol. The zero-order valence-corrected chi connectivity index (χ0v) is 12.4. The van der Waals surface area contributed by atoms with Crippen LogP contribution in [0.5, 0.6) is 0 Å². The van der Waals surface area contributed by atoms with E-state index in [4.69, 9.17) is 11.6 Å². The van der Waals surface area contributed by atoms with Crippen molar-refractivity contribution in [1.29, 1.82) is 0 Å². The van der Waals surface area contributed by atoms with Crippen LogP contribution in [0.4, 0.5) is 0 Å². The van der Waals surface area contributed by atoms with Crippen molar-refractivity contribution in [3.8, 4) is 11.3 Å². The third kappa shape index (κ3) is 2.96. The molecule has 0 saturated carbocycles. The molecule has 0 aliphatic heterocycles. The van der Waals surface area contributed by atoms with Crippen LogP contribution in [0.15, 0.2) is 29.1 Å². The molecule has 1 heterocycles. The van der Waals surface area contributed by atoms with Crippen LogP contribution >= 0.6 is 11.6 Å². The van der Waals surface area contributed by atoms with Gasteiger partial charge in [-0.3, -0.25) is 9.59 Å². The second kappa shape index (κ2) is 5.59. The maximum atomic E-state index is 11.9. The molecule has 0 atom stereocenters. The van der Waals surface area contributed by atoms with Gasteiger partial charge >= 0.3 is 0 Å². The second-order valence-corrected chi connectivity index (χ2v) is 5.24. The Morgan fingerprint density at radius 1 is 1.25 bits per heavy atom. The minimum Gasteiger partial charge on any atom is -0.281 e. The van der Waals surface area contributed by atoms with Gasteiger partial charge in [0, 0.05) is 18.2 Å². The molecule has 0 N–H and O–H groups in total. The second-order valence-electron chi connectivity index (χ2n) is 4.81. The maximum Gasteiger partial charge on any atom is 0.270 e. The fourth-order valence-electron chi connectivity index (χ4n) is 1.99. The molecular formula is C15H15ClN2O2. The lowest BCUT2D eigenvalue weighted by atomic mass is 10.0. The van der Waals surface area contributed by atoms with E-state index in [0.717, 1.165) is 11.1 Å².